The number of nitrogens with zero attached hydrogens (tertiary/aromatic N) is 2. The Balaban J connectivity index is 2.16. The second kappa shape index (κ2) is 6.84. The number of benzene rings is 2. The van der Waals surface area contributed by atoms with Crippen LogP contribution in [-0.2, 0) is 15.6 Å². The van der Waals surface area contributed by atoms with Gasteiger partial charge in [-0.1, -0.05) is 36.4 Å². The summed E-state index contributed by atoms with van der Waals surface area (Å²) >= 11 is 0. The maximum absolute atomic E-state index is 13.4. The lowest BCUT2D eigenvalue weighted by atomic mass is 9.80. The Labute approximate surface area is 160 Å². The maximum atomic E-state index is 13.4. The first-order chi connectivity index (χ1) is 12.7. The molecule has 0 radical (unpaired) electrons. The van der Waals surface area contributed by atoms with Crippen LogP contribution in [-0.4, -0.2) is 26.4 Å². The standard InChI is InChI=1S/C21H22N2O3S/c1-15-5-11-19(12-6-15)27(24,25)23-14-16(2)20(13-22)21(23,3)17-7-9-18(26-4)10-8-17/h5-12,20H,2,14H2,1,3-4H3/t20-,21-/m1/s1. The third-order valence-corrected chi connectivity index (χ3v) is 7.20. The Kier molecular flexibility index (Phi) is 4.85. The van der Waals surface area contributed by atoms with Gasteiger partial charge in [-0.2, -0.15) is 9.57 Å². The maximum Gasteiger partial charge on any atom is 0.244 e. The SMILES string of the molecule is C=C1CN(S(=O)(=O)c2ccc(C)cc2)[C@](C)(c2ccc(OC)cc2)[C@@H]1C#N. The summed E-state index contributed by atoms with van der Waals surface area (Å²) in [5.41, 5.74) is 1.24. The van der Waals surface area contributed by atoms with Crippen molar-refractivity contribution in [2.24, 2.45) is 5.92 Å². The van der Waals surface area contributed by atoms with E-state index in [2.05, 4.69) is 12.6 Å². The van der Waals surface area contributed by atoms with Crippen molar-refractivity contribution in [2.45, 2.75) is 24.3 Å². The Morgan fingerprint density at radius 2 is 1.78 bits per heavy atom. The van der Waals surface area contributed by atoms with E-state index in [9.17, 15) is 13.7 Å². The number of methoxy groups -OCH3 is 1. The van der Waals surface area contributed by atoms with Crippen molar-refractivity contribution in [3.63, 3.8) is 0 Å². The summed E-state index contributed by atoms with van der Waals surface area (Å²) < 4.78 is 33.4. The topological polar surface area (TPSA) is 70.4 Å². The second-order valence-electron chi connectivity index (χ2n) is 6.92. The van der Waals surface area contributed by atoms with Crippen LogP contribution >= 0.6 is 0 Å². The Bertz CT molecular complexity index is 1000. The number of hydrogen-bond donors (Lipinski definition) is 0. The van der Waals surface area contributed by atoms with E-state index >= 15 is 0 Å². The molecular formula is C21H22N2O3S. The lowest BCUT2D eigenvalue weighted by Crippen LogP contribution is -2.45. The molecule has 0 bridgehead atoms. The van der Waals surface area contributed by atoms with Gasteiger partial charge in [-0.15, -0.1) is 0 Å². The molecule has 2 aromatic rings. The fourth-order valence-corrected chi connectivity index (χ4v) is 5.39. The highest BCUT2D eigenvalue weighted by molar-refractivity contribution is 7.89. The predicted molar refractivity (Wildman–Crippen MR) is 104 cm³/mol. The number of rotatable bonds is 4. The minimum Gasteiger partial charge on any atom is -0.497 e. The molecule has 1 aliphatic heterocycles. The molecule has 3 rings (SSSR count). The van der Waals surface area contributed by atoms with Gasteiger partial charge in [0.1, 0.15) is 5.75 Å². The summed E-state index contributed by atoms with van der Waals surface area (Å²) in [6.07, 6.45) is 0. The molecule has 5 nitrogen and oxygen atoms in total. The van der Waals surface area contributed by atoms with Crippen LogP contribution in [0.25, 0.3) is 0 Å². The van der Waals surface area contributed by atoms with Crippen LogP contribution in [0, 0.1) is 24.2 Å². The van der Waals surface area contributed by atoms with E-state index in [1.54, 1.807) is 62.6 Å². The van der Waals surface area contributed by atoms with Gasteiger partial charge < -0.3 is 4.74 Å². The van der Waals surface area contributed by atoms with E-state index in [0.29, 0.717) is 11.3 Å². The van der Waals surface area contributed by atoms with Crippen LogP contribution in [0.1, 0.15) is 18.1 Å². The Hall–Kier alpha value is -2.62. The Morgan fingerprint density at radius 3 is 2.30 bits per heavy atom. The van der Waals surface area contributed by atoms with Gasteiger partial charge in [-0.05, 0) is 49.2 Å². The molecule has 1 fully saturated rings. The van der Waals surface area contributed by atoms with Crippen LogP contribution < -0.4 is 4.74 Å². The molecule has 0 saturated carbocycles. The first-order valence-electron chi connectivity index (χ1n) is 8.56. The van der Waals surface area contributed by atoms with E-state index < -0.39 is 21.5 Å². The number of ether oxygens (including phenoxy) is 1. The Morgan fingerprint density at radius 1 is 1.19 bits per heavy atom. The van der Waals surface area contributed by atoms with Crippen molar-refractivity contribution < 1.29 is 13.2 Å². The number of hydrogen-bond acceptors (Lipinski definition) is 4. The van der Waals surface area contributed by atoms with Crippen LogP contribution in [0.2, 0.25) is 0 Å². The minimum atomic E-state index is -3.81. The summed E-state index contributed by atoms with van der Waals surface area (Å²) in [5, 5.41) is 9.77. The van der Waals surface area contributed by atoms with Gasteiger partial charge in [0.15, 0.2) is 0 Å². The van der Waals surface area contributed by atoms with Gasteiger partial charge in [-0.25, -0.2) is 8.42 Å². The van der Waals surface area contributed by atoms with Crippen LogP contribution in [0.15, 0.2) is 65.6 Å². The summed E-state index contributed by atoms with van der Waals surface area (Å²) in [5.74, 6) is 0.0201. The molecule has 27 heavy (non-hydrogen) atoms. The van der Waals surface area contributed by atoms with Gasteiger partial charge in [0.05, 0.1) is 29.5 Å². The van der Waals surface area contributed by atoms with Crippen molar-refractivity contribution in [1.82, 2.24) is 4.31 Å². The smallest absolute Gasteiger partial charge is 0.244 e. The summed E-state index contributed by atoms with van der Waals surface area (Å²) in [7, 11) is -2.24. The van der Waals surface area contributed by atoms with Gasteiger partial charge >= 0.3 is 0 Å². The lowest BCUT2D eigenvalue weighted by Gasteiger charge is -2.36. The fraction of sp³-hybridized carbons (Fsp3) is 0.286. The molecule has 0 N–H and O–H groups in total. The van der Waals surface area contributed by atoms with Gasteiger partial charge in [-0.3, -0.25) is 0 Å². The summed E-state index contributed by atoms with van der Waals surface area (Å²) in [4.78, 5) is 0.208. The van der Waals surface area contributed by atoms with Crippen molar-refractivity contribution in [3.8, 4) is 11.8 Å². The highest BCUT2D eigenvalue weighted by atomic mass is 32.2. The summed E-state index contributed by atoms with van der Waals surface area (Å²) in [6, 6.07) is 16.1. The number of nitriles is 1. The highest BCUT2D eigenvalue weighted by Gasteiger charge is 2.54. The first-order valence-corrected chi connectivity index (χ1v) is 10.0. The third-order valence-electron chi connectivity index (χ3n) is 5.25. The molecule has 0 aliphatic carbocycles. The van der Waals surface area contributed by atoms with Crippen LogP contribution in [0.4, 0.5) is 0 Å². The second-order valence-corrected chi connectivity index (χ2v) is 8.78. The molecule has 0 spiro atoms. The number of sulfonamides is 1. The van der Waals surface area contributed by atoms with Gasteiger partial charge in [0.25, 0.3) is 0 Å². The van der Waals surface area contributed by atoms with E-state index in [1.165, 1.54) is 4.31 Å². The normalized spacial score (nSPS) is 23.2. The average Bonchev–Trinajstić information content (AvgIpc) is 2.94. The lowest BCUT2D eigenvalue weighted by molar-refractivity contribution is 0.239. The van der Waals surface area contributed by atoms with Gasteiger partial charge in [0.2, 0.25) is 10.0 Å². The van der Waals surface area contributed by atoms with E-state index in [1.807, 2.05) is 6.92 Å². The zero-order valence-electron chi connectivity index (χ0n) is 15.6. The molecule has 2 atom stereocenters. The average molecular weight is 382 g/mol. The van der Waals surface area contributed by atoms with Crippen LogP contribution in [0.3, 0.4) is 0 Å². The molecule has 6 heteroatoms. The van der Waals surface area contributed by atoms with Crippen molar-refractivity contribution in [1.29, 1.82) is 5.26 Å². The predicted octanol–water partition coefficient (Wildman–Crippen LogP) is 3.62. The molecule has 0 aromatic heterocycles. The van der Waals surface area contributed by atoms with E-state index in [4.69, 9.17) is 4.74 Å². The molecular weight excluding hydrogens is 360 g/mol. The van der Waals surface area contributed by atoms with E-state index in [-0.39, 0.29) is 11.4 Å². The largest absolute Gasteiger partial charge is 0.497 e. The van der Waals surface area contributed by atoms with E-state index in [0.717, 1.165) is 11.1 Å². The third kappa shape index (κ3) is 3.03. The monoisotopic (exact) mass is 382 g/mol. The number of aryl methyl sites for hydroxylation is 1. The molecule has 140 valence electrons. The first kappa shape index (κ1) is 19.2. The highest BCUT2D eigenvalue weighted by Crippen LogP contribution is 2.48. The van der Waals surface area contributed by atoms with Crippen molar-refractivity contribution in [2.75, 3.05) is 13.7 Å². The molecule has 1 heterocycles. The molecule has 0 amide bonds. The quantitative estimate of drug-likeness (QED) is 0.757. The van der Waals surface area contributed by atoms with Crippen LogP contribution in [0.5, 0.6) is 5.75 Å². The molecule has 2 aromatic carbocycles. The fourth-order valence-electron chi connectivity index (χ4n) is 3.61. The van der Waals surface area contributed by atoms with Crippen molar-refractivity contribution >= 4 is 10.0 Å². The van der Waals surface area contributed by atoms with Crippen molar-refractivity contribution in [3.05, 3.63) is 71.8 Å². The van der Waals surface area contributed by atoms with Gasteiger partial charge in [0, 0.05) is 6.54 Å². The zero-order chi connectivity index (χ0) is 19.8. The molecule has 1 saturated heterocycles. The zero-order valence-corrected chi connectivity index (χ0v) is 16.5. The molecule has 1 aliphatic rings. The minimum absolute atomic E-state index is 0.108. The molecule has 0 unspecified atom stereocenters. The summed E-state index contributed by atoms with van der Waals surface area (Å²) in [6.45, 7) is 7.78.